The molecule has 0 amide bonds. The Morgan fingerprint density at radius 1 is 1.17 bits per heavy atom. The van der Waals surface area contributed by atoms with Crippen molar-refractivity contribution < 1.29 is 22.1 Å². The first kappa shape index (κ1) is 19.1. The second-order valence-corrected chi connectivity index (χ2v) is 6.69. The highest BCUT2D eigenvalue weighted by Crippen LogP contribution is 2.29. The van der Waals surface area contributed by atoms with Gasteiger partial charge in [0.1, 0.15) is 17.5 Å². The molecule has 1 N–H and O–H groups in total. The summed E-state index contributed by atoms with van der Waals surface area (Å²) in [6.07, 6.45) is -5.43. The maximum absolute atomic E-state index is 13.4. The van der Waals surface area contributed by atoms with Crippen molar-refractivity contribution >= 4 is 11.4 Å². The van der Waals surface area contributed by atoms with Crippen LogP contribution < -0.4 is 21.1 Å². The lowest BCUT2D eigenvalue weighted by Crippen LogP contribution is -2.42. The minimum absolute atomic E-state index is 0.0822. The number of nitrogens with zero attached hydrogens (tertiary/aromatic N) is 3. The summed E-state index contributed by atoms with van der Waals surface area (Å²) >= 11 is 0. The van der Waals surface area contributed by atoms with Crippen LogP contribution in [0.25, 0.3) is 11.4 Å². The van der Waals surface area contributed by atoms with Crippen molar-refractivity contribution in [2.45, 2.75) is 25.3 Å². The van der Waals surface area contributed by atoms with Crippen LogP contribution in [0.2, 0.25) is 0 Å². The molecule has 1 fully saturated rings. The second kappa shape index (κ2) is 6.98. The van der Waals surface area contributed by atoms with Crippen LogP contribution in [-0.4, -0.2) is 29.4 Å². The molecule has 2 heterocycles. The van der Waals surface area contributed by atoms with E-state index in [4.69, 9.17) is 0 Å². The predicted octanol–water partition coefficient (Wildman–Crippen LogP) is 2.51. The van der Waals surface area contributed by atoms with Gasteiger partial charge in [-0.2, -0.15) is 18.2 Å². The molecule has 0 spiro atoms. The number of benzene rings is 1. The Labute approximate surface area is 160 Å². The van der Waals surface area contributed by atoms with Gasteiger partial charge in [0.05, 0.1) is 0 Å². The van der Waals surface area contributed by atoms with Crippen LogP contribution >= 0.6 is 0 Å². The number of halogens is 4. The minimum atomic E-state index is -4.72. The van der Waals surface area contributed by atoms with Crippen molar-refractivity contribution in [1.82, 2.24) is 10.1 Å². The van der Waals surface area contributed by atoms with E-state index in [0.29, 0.717) is 24.1 Å². The Bertz CT molecular complexity index is 1100. The van der Waals surface area contributed by atoms with E-state index in [1.54, 1.807) is 17.0 Å². The molecule has 3 aromatic rings. The predicted molar refractivity (Wildman–Crippen MR) is 95.1 cm³/mol. The standard InChI is InChI=1S/C18H14F4N4O3/c19-11-5-6-26(8-11)13-12(14(27)15(13)28)23-7-9-1-3-10(4-2-9)16-24-17(29-25-16)18(20,21)22/h1-4,11,23H,5-8H2. The van der Waals surface area contributed by atoms with Crippen LogP contribution in [0.15, 0.2) is 38.4 Å². The monoisotopic (exact) mass is 410 g/mol. The van der Waals surface area contributed by atoms with Crippen LogP contribution in [-0.2, 0) is 12.7 Å². The minimum Gasteiger partial charge on any atom is -0.376 e. The Morgan fingerprint density at radius 3 is 2.48 bits per heavy atom. The summed E-state index contributed by atoms with van der Waals surface area (Å²) in [7, 11) is 0. The van der Waals surface area contributed by atoms with E-state index in [1.807, 2.05) is 0 Å². The number of nitrogens with one attached hydrogen (secondary N) is 1. The first-order valence-electron chi connectivity index (χ1n) is 8.70. The van der Waals surface area contributed by atoms with E-state index in [0.717, 1.165) is 0 Å². The van der Waals surface area contributed by atoms with Crippen LogP contribution in [0.1, 0.15) is 17.9 Å². The van der Waals surface area contributed by atoms with Crippen molar-refractivity contribution in [1.29, 1.82) is 0 Å². The molecule has 1 atom stereocenters. The molecule has 152 valence electrons. The Hall–Kier alpha value is -3.24. The zero-order chi connectivity index (χ0) is 20.8. The summed E-state index contributed by atoms with van der Waals surface area (Å²) in [6.45, 7) is 0.657. The van der Waals surface area contributed by atoms with E-state index in [1.165, 1.54) is 12.1 Å². The molecule has 1 aliphatic rings. The van der Waals surface area contributed by atoms with Gasteiger partial charge in [-0.3, -0.25) is 9.59 Å². The fourth-order valence-corrected chi connectivity index (χ4v) is 3.18. The summed E-state index contributed by atoms with van der Waals surface area (Å²) in [6, 6.07) is 6.26. The normalized spacial score (nSPS) is 17.2. The van der Waals surface area contributed by atoms with E-state index in [9.17, 15) is 27.2 Å². The van der Waals surface area contributed by atoms with Crippen molar-refractivity contribution in [3.05, 3.63) is 56.2 Å². The summed E-state index contributed by atoms with van der Waals surface area (Å²) in [4.78, 5) is 28.6. The third kappa shape index (κ3) is 3.59. The maximum atomic E-state index is 13.4. The van der Waals surface area contributed by atoms with Gasteiger partial charge in [-0.1, -0.05) is 29.4 Å². The van der Waals surface area contributed by atoms with Gasteiger partial charge < -0.3 is 14.7 Å². The number of rotatable bonds is 5. The lowest BCUT2D eigenvalue weighted by atomic mass is 10.1. The first-order valence-corrected chi connectivity index (χ1v) is 8.70. The molecular weight excluding hydrogens is 396 g/mol. The van der Waals surface area contributed by atoms with Crippen molar-refractivity contribution in [3.63, 3.8) is 0 Å². The van der Waals surface area contributed by atoms with Crippen LogP contribution in [0, 0.1) is 0 Å². The molecule has 2 aromatic carbocycles. The molecule has 1 saturated heterocycles. The lowest BCUT2D eigenvalue weighted by Gasteiger charge is -2.22. The SMILES string of the molecule is O=c1c(NCc2ccc(-c3noc(C(F)(F)F)n3)cc2)c(N2CCC(F)C2)c1=O. The smallest absolute Gasteiger partial charge is 0.376 e. The summed E-state index contributed by atoms with van der Waals surface area (Å²) in [5, 5.41) is 6.20. The third-order valence-corrected chi connectivity index (χ3v) is 4.68. The van der Waals surface area contributed by atoms with Gasteiger partial charge >= 0.3 is 12.1 Å². The van der Waals surface area contributed by atoms with E-state index >= 15 is 0 Å². The van der Waals surface area contributed by atoms with E-state index < -0.39 is 29.1 Å². The van der Waals surface area contributed by atoms with Crippen LogP contribution in [0.5, 0.6) is 0 Å². The van der Waals surface area contributed by atoms with Gasteiger partial charge in [-0.25, -0.2) is 4.39 Å². The van der Waals surface area contributed by atoms with Gasteiger partial charge in [0.2, 0.25) is 5.82 Å². The fourth-order valence-electron chi connectivity index (χ4n) is 3.18. The molecular formula is C18H14F4N4O3. The largest absolute Gasteiger partial charge is 0.471 e. The number of anilines is 2. The number of aromatic nitrogens is 2. The summed E-state index contributed by atoms with van der Waals surface area (Å²) in [5.74, 6) is -1.63. The number of alkyl halides is 4. The molecule has 0 radical (unpaired) electrons. The van der Waals surface area contributed by atoms with E-state index in [2.05, 4.69) is 20.0 Å². The highest BCUT2D eigenvalue weighted by atomic mass is 19.4. The van der Waals surface area contributed by atoms with E-state index in [-0.39, 0.29) is 30.3 Å². The highest BCUT2D eigenvalue weighted by molar-refractivity contribution is 5.75. The number of hydrogen-bond donors (Lipinski definition) is 1. The van der Waals surface area contributed by atoms with Gasteiger partial charge in [-0.15, -0.1) is 0 Å². The zero-order valence-corrected chi connectivity index (χ0v) is 14.8. The van der Waals surface area contributed by atoms with Gasteiger partial charge in [0.15, 0.2) is 0 Å². The van der Waals surface area contributed by atoms with Crippen LogP contribution in [0.3, 0.4) is 0 Å². The first-order chi connectivity index (χ1) is 13.7. The molecule has 1 aliphatic heterocycles. The quantitative estimate of drug-likeness (QED) is 0.511. The molecule has 0 aliphatic carbocycles. The van der Waals surface area contributed by atoms with Crippen molar-refractivity contribution in [3.8, 4) is 11.4 Å². The molecule has 0 bridgehead atoms. The Kier molecular flexibility index (Phi) is 4.59. The zero-order valence-electron chi connectivity index (χ0n) is 14.8. The fraction of sp³-hybridized carbons (Fsp3) is 0.333. The molecule has 4 rings (SSSR count). The molecule has 11 heteroatoms. The van der Waals surface area contributed by atoms with Gasteiger partial charge in [-0.05, 0) is 12.0 Å². The molecule has 0 saturated carbocycles. The topological polar surface area (TPSA) is 88.3 Å². The highest BCUT2D eigenvalue weighted by Gasteiger charge is 2.38. The molecule has 1 aromatic heterocycles. The average molecular weight is 410 g/mol. The van der Waals surface area contributed by atoms with Gasteiger partial charge in [0.25, 0.3) is 10.9 Å². The van der Waals surface area contributed by atoms with Crippen molar-refractivity contribution in [2.24, 2.45) is 0 Å². The van der Waals surface area contributed by atoms with Gasteiger partial charge in [0, 0.05) is 25.2 Å². The van der Waals surface area contributed by atoms with Crippen molar-refractivity contribution in [2.75, 3.05) is 23.3 Å². The molecule has 7 nitrogen and oxygen atoms in total. The Balaban J connectivity index is 1.44. The lowest BCUT2D eigenvalue weighted by molar-refractivity contribution is -0.159. The Morgan fingerprint density at radius 2 is 1.90 bits per heavy atom. The summed E-state index contributed by atoms with van der Waals surface area (Å²) in [5.41, 5.74) is 0.116. The number of hydrogen-bond acceptors (Lipinski definition) is 7. The average Bonchev–Trinajstić information content (AvgIpc) is 3.34. The third-order valence-electron chi connectivity index (χ3n) is 4.68. The maximum Gasteiger partial charge on any atom is 0.471 e. The molecule has 29 heavy (non-hydrogen) atoms. The summed E-state index contributed by atoms with van der Waals surface area (Å²) < 4.78 is 55.2. The second-order valence-electron chi connectivity index (χ2n) is 6.69. The van der Waals surface area contributed by atoms with Crippen LogP contribution in [0.4, 0.5) is 28.9 Å². The molecule has 1 unspecified atom stereocenters.